The van der Waals surface area contributed by atoms with Crippen LogP contribution in [0, 0.1) is 5.92 Å². The first kappa shape index (κ1) is 15.4. The van der Waals surface area contributed by atoms with Crippen LogP contribution in [-0.4, -0.2) is 44.8 Å². The molecule has 0 saturated carbocycles. The van der Waals surface area contributed by atoms with Gasteiger partial charge in [-0.3, -0.25) is 9.59 Å². The molecule has 21 heavy (non-hydrogen) atoms. The number of carbonyl (C=O) groups is 2. The molecule has 1 aromatic rings. The van der Waals surface area contributed by atoms with Crippen molar-refractivity contribution in [2.24, 2.45) is 17.4 Å². The number of aromatic nitrogens is 3. The van der Waals surface area contributed by atoms with Crippen LogP contribution in [-0.2, 0) is 16.1 Å². The first-order valence-electron chi connectivity index (χ1n) is 7.24. The van der Waals surface area contributed by atoms with Gasteiger partial charge < -0.3 is 16.4 Å². The number of piperidine rings is 1. The van der Waals surface area contributed by atoms with Gasteiger partial charge in [0.1, 0.15) is 6.54 Å². The van der Waals surface area contributed by atoms with Crippen molar-refractivity contribution in [2.45, 2.75) is 38.8 Å². The number of carbonyl (C=O) groups excluding carboxylic acids is 2. The van der Waals surface area contributed by atoms with Gasteiger partial charge in [0.25, 0.3) is 0 Å². The number of likely N-dealkylation sites (tertiary alicyclic amines) is 1. The number of nitrogens with two attached hydrogens (primary N) is 2. The lowest BCUT2D eigenvalue weighted by molar-refractivity contribution is -0.135. The van der Waals surface area contributed by atoms with E-state index in [-0.39, 0.29) is 30.3 Å². The first-order valence-corrected chi connectivity index (χ1v) is 7.24. The van der Waals surface area contributed by atoms with Gasteiger partial charge in [-0.2, -0.15) is 0 Å². The Balaban J connectivity index is 1.94. The normalized spacial score (nSPS) is 20.3. The average Bonchev–Trinajstić information content (AvgIpc) is 2.95. The molecule has 8 nitrogen and oxygen atoms in total. The molecule has 1 aliphatic heterocycles. The van der Waals surface area contributed by atoms with Gasteiger partial charge in [0.05, 0.1) is 23.9 Å². The Kier molecular flexibility index (Phi) is 4.89. The molecule has 0 radical (unpaired) electrons. The number of nitrogens with zero attached hydrogens (tertiary/aromatic N) is 4. The summed E-state index contributed by atoms with van der Waals surface area (Å²) in [5, 5.41) is 7.89. The van der Waals surface area contributed by atoms with E-state index in [1.807, 2.05) is 6.92 Å². The van der Waals surface area contributed by atoms with Gasteiger partial charge in [0, 0.05) is 13.1 Å². The van der Waals surface area contributed by atoms with E-state index in [1.165, 1.54) is 4.68 Å². The van der Waals surface area contributed by atoms with Crippen LogP contribution in [0.15, 0.2) is 6.20 Å². The molecular formula is C13H22N6O2. The molecule has 116 valence electrons. The fraction of sp³-hybridized carbons (Fsp3) is 0.692. The Hall–Kier alpha value is -1.96. The molecule has 1 aromatic heterocycles. The zero-order valence-electron chi connectivity index (χ0n) is 12.2. The highest BCUT2D eigenvalue weighted by Gasteiger charge is 2.27. The van der Waals surface area contributed by atoms with Crippen LogP contribution in [0.25, 0.3) is 0 Å². The summed E-state index contributed by atoms with van der Waals surface area (Å²) in [6.07, 6.45) is 4.00. The monoisotopic (exact) mass is 294 g/mol. The summed E-state index contributed by atoms with van der Waals surface area (Å²) in [6.45, 7) is 3.12. The van der Waals surface area contributed by atoms with Gasteiger partial charge in [0.2, 0.25) is 11.8 Å². The van der Waals surface area contributed by atoms with Crippen LogP contribution in [0.5, 0.6) is 0 Å². The number of hydrogen-bond acceptors (Lipinski definition) is 5. The van der Waals surface area contributed by atoms with Crippen LogP contribution in [0.2, 0.25) is 0 Å². The Morgan fingerprint density at radius 1 is 1.52 bits per heavy atom. The van der Waals surface area contributed by atoms with Crippen molar-refractivity contribution in [1.29, 1.82) is 0 Å². The predicted molar refractivity (Wildman–Crippen MR) is 75.7 cm³/mol. The quantitative estimate of drug-likeness (QED) is 0.752. The van der Waals surface area contributed by atoms with Crippen molar-refractivity contribution in [1.82, 2.24) is 19.9 Å². The van der Waals surface area contributed by atoms with Crippen molar-refractivity contribution in [3.63, 3.8) is 0 Å². The molecule has 8 heteroatoms. The smallest absolute Gasteiger partial charge is 0.244 e. The standard InChI is InChI=1S/C13H22N6O2/c1-2-10(14)11-7-19(17-16-11)8-12(20)18-5-3-4-9(6-18)13(15)21/h7,9-10H,2-6,8,14H2,1H3,(H2,15,21). The third-order valence-electron chi connectivity index (χ3n) is 3.85. The van der Waals surface area contributed by atoms with Crippen molar-refractivity contribution >= 4 is 11.8 Å². The highest BCUT2D eigenvalue weighted by atomic mass is 16.2. The van der Waals surface area contributed by atoms with Crippen molar-refractivity contribution in [3.8, 4) is 0 Å². The maximum Gasteiger partial charge on any atom is 0.244 e. The lowest BCUT2D eigenvalue weighted by Gasteiger charge is -2.31. The van der Waals surface area contributed by atoms with Gasteiger partial charge in [-0.15, -0.1) is 5.10 Å². The zero-order chi connectivity index (χ0) is 15.4. The molecule has 2 rings (SSSR count). The minimum absolute atomic E-state index is 0.0810. The molecule has 2 atom stereocenters. The van der Waals surface area contributed by atoms with Crippen LogP contribution in [0.3, 0.4) is 0 Å². The molecule has 2 amide bonds. The van der Waals surface area contributed by atoms with Gasteiger partial charge in [-0.1, -0.05) is 12.1 Å². The highest BCUT2D eigenvalue weighted by molar-refractivity contribution is 5.80. The largest absolute Gasteiger partial charge is 0.369 e. The molecule has 1 aliphatic rings. The predicted octanol–water partition coefficient (Wildman–Crippen LogP) is -0.588. The Morgan fingerprint density at radius 2 is 2.29 bits per heavy atom. The number of primary amides is 1. The van der Waals surface area contributed by atoms with Crippen LogP contribution in [0.4, 0.5) is 0 Å². The third-order valence-corrected chi connectivity index (χ3v) is 3.85. The summed E-state index contributed by atoms with van der Waals surface area (Å²) in [5.74, 6) is -0.672. The second-order valence-corrected chi connectivity index (χ2v) is 5.44. The Morgan fingerprint density at radius 3 is 2.95 bits per heavy atom. The number of hydrogen-bond donors (Lipinski definition) is 2. The topological polar surface area (TPSA) is 120 Å². The highest BCUT2D eigenvalue weighted by Crippen LogP contribution is 2.16. The SMILES string of the molecule is CCC(N)c1cn(CC(=O)N2CCCC(C(N)=O)C2)nn1. The molecule has 1 saturated heterocycles. The minimum Gasteiger partial charge on any atom is -0.369 e. The summed E-state index contributed by atoms with van der Waals surface area (Å²) in [5.41, 5.74) is 11.9. The van der Waals surface area contributed by atoms with E-state index in [0.29, 0.717) is 18.8 Å². The summed E-state index contributed by atoms with van der Waals surface area (Å²) in [6, 6.07) is -0.164. The van der Waals surface area contributed by atoms with E-state index in [9.17, 15) is 9.59 Å². The van der Waals surface area contributed by atoms with Gasteiger partial charge in [0.15, 0.2) is 0 Å². The number of amides is 2. The van der Waals surface area contributed by atoms with Gasteiger partial charge in [-0.05, 0) is 19.3 Å². The summed E-state index contributed by atoms with van der Waals surface area (Å²) in [4.78, 5) is 25.1. The van der Waals surface area contributed by atoms with E-state index < -0.39 is 0 Å². The van der Waals surface area contributed by atoms with E-state index in [0.717, 1.165) is 19.3 Å². The zero-order valence-corrected chi connectivity index (χ0v) is 12.2. The van der Waals surface area contributed by atoms with E-state index in [2.05, 4.69) is 10.3 Å². The molecule has 4 N–H and O–H groups in total. The lowest BCUT2D eigenvalue weighted by Crippen LogP contribution is -2.45. The maximum atomic E-state index is 12.2. The van der Waals surface area contributed by atoms with Crippen molar-refractivity contribution < 1.29 is 9.59 Å². The average molecular weight is 294 g/mol. The third kappa shape index (κ3) is 3.78. The second kappa shape index (κ2) is 6.66. The van der Waals surface area contributed by atoms with E-state index in [1.54, 1.807) is 11.1 Å². The van der Waals surface area contributed by atoms with Gasteiger partial charge in [-0.25, -0.2) is 4.68 Å². The van der Waals surface area contributed by atoms with Gasteiger partial charge >= 0.3 is 0 Å². The van der Waals surface area contributed by atoms with Crippen molar-refractivity contribution in [2.75, 3.05) is 13.1 Å². The first-order chi connectivity index (χ1) is 10.0. The minimum atomic E-state index is -0.343. The van der Waals surface area contributed by atoms with Crippen molar-refractivity contribution in [3.05, 3.63) is 11.9 Å². The summed E-state index contributed by atoms with van der Waals surface area (Å²) >= 11 is 0. The fourth-order valence-corrected chi connectivity index (χ4v) is 2.44. The summed E-state index contributed by atoms with van der Waals surface area (Å²) in [7, 11) is 0. The van der Waals surface area contributed by atoms with Crippen LogP contribution in [0.1, 0.15) is 37.9 Å². The molecular weight excluding hydrogens is 272 g/mol. The molecule has 2 heterocycles. The van der Waals surface area contributed by atoms with E-state index in [4.69, 9.17) is 11.5 Å². The molecule has 0 aliphatic carbocycles. The molecule has 0 bridgehead atoms. The summed E-state index contributed by atoms with van der Waals surface area (Å²) < 4.78 is 1.49. The fourth-order valence-electron chi connectivity index (χ4n) is 2.44. The lowest BCUT2D eigenvalue weighted by atomic mass is 9.97. The van der Waals surface area contributed by atoms with Crippen LogP contribution >= 0.6 is 0 Å². The Bertz CT molecular complexity index is 515. The second-order valence-electron chi connectivity index (χ2n) is 5.44. The molecule has 1 fully saturated rings. The van der Waals surface area contributed by atoms with Crippen LogP contribution < -0.4 is 11.5 Å². The molecule has 0 spiro atoms. The van der Waals surface area contributed by atoms with E-state index >= 15 is 0 Å². The molecule has 0 aromatic carbocycles. The maximum absolute atomic E-state index is 12.2. The molecule has 2 unspecified atom stereocenters. The number of rotatable bonds is 5. The Labute approximate surface area is 123 Å².